The maximum atomic E-state index is 5.42. The Kier molecular flexibility index (Phi) is 4.11. The van der Waals surface area contributed by atoms with E-state index in [1.165, 1.54) is 12.8 Å². The molecule has 0 spiro atoms. The van der Waals surface area contributed by atoms with Crippen LogP contribution in [0.2, 0.25) is 0 Å². The molecule has 0 saturated carbocycles. The second-order valence-corrected chi connectivity index (χ2v) is 3.95. The molecular weight excluding hydrogens is 192 g/mol. The van der Waals surface area contributed by atoms with Crippen LogP contribution >= 0.6 is 0 Å². The summed E-state index contributed by atoms with van der Waals surface area (Å²) in [6.45, 7) is 4.73. The van der Waals surface area contributed by atoms with E-state index in [-0.39, 0.29) is 0 Å². The maximum Gasteiger partial charge on any atom is 0.0692 e. The van der Waals surface area contributed by atoms with Gasteiger partial charge in [0.05, 0.1) is 19.3 Å². The molecule has 84 valence electrons. The van der Waals surface area contributed by atoms with Crippen LogP contribution in [-0.4, -0.2) is 41.3 Å². The molecule has 0 bridgehead atoms. The Labute approximate surface area is 89.8 Å². The van der Waals surface area contributed by atoms with Gasteiger partial charge in [-0.25, -0.2) is 0 Å². The van der Waals surface area contributed by atoms with E-state index in [0.29, 0.717) is 5.92 Å². The summed E-state index contributed by atoms with van der Waals surface area (Å²) < 4.78 is 7.26. The lowest BCUT2D eigenvalue weighted by atomic mass is 10.0. The fraction of sp³-hybridized carbons (Fsp3) is 0.800. The van der Waals surface area contributed by atoms with E-state index in [0.717, 1.165) is 32.8 Å². The van der Waals surface area contributed by atoms with Gasteiger partial charge in [-0.2, -0.15) is 0 Å². The third kappa shape index (κ3) is 3.60. The van der Waals surface area contributed by atoms with Crippen LogP contribution in [0.15, 0.2) is 12.4 Å². The van der Waals surface area contributed by atoms with Gasteiger partial charge in [0.1, 0.15) is 0 Å². The van der Waals surface area contributed by atoms with E-state index in [4.69, 9.17) is 4.74 Å². The topological polar surface area (TPSA) is 52.0 Å². The van der Waals surface area contributed by atoms with Crippen LogP contribution in [0.1, 0.15) is 12.8 Å². The Morgan fingerprint density at radius 3 is 3.27 bits per heavy atom. The Bertz CT molecular complexity index is 256. The molecule has 0 amide bonds. The van der Waals surface area contributed by atoms with Crippen molar-refractivity contribution in [3.63, 3.8) is 0 Å². The van der Waals surface area contributed by atoms with E-state index in [9.17, 15) is 0 Å². The summed E-state index contributed by atoms with van der Waals surface area (Å²) in [6.07, 6.45) is 6.08. The normalized spacial score (nSPS) is 21.7. The zero-order valence-corrected chi connectivity index (χ0v) is 8.93. The van der Waals surface area contributed by atoms with Crippen molar-refractivity contribution >= 4 is 0 Å². The molecule has 1 N–H and O–H groups in total. The monoisotopic (exact) mass is 210 g/mol. The fourth-order valence-electron chi connectivity index (χ4n) is 1.82. The standard InChI is InChI=1S/C10H18N4O/c1-2-10(9-15-7-1)8-11-3-5-14-6-4-12-13-14/h4,6,10-11H,1-3,5,7-9H2. The van der Waals surface area contributed by atoms with Gasteiger partial charge in [-0.3, -0.25) is 4.68 Å². The predicted octanol–water partition coefficient (Wildman–Crippen LogP) is 0.294. The van der Waals surface area contributed by atoms with Crippen LogP contribution in [0.3, 0.4) is 0 Å². The number of rotatable bonds is 5. The van der Waals surface area contributed by atoms with Crippen molar-refractivity contribution in [1.29, 1.82) is 0 Å². The van der Waals surface area contributed by atoms with Gasteiger partial charge in [-0.1, -0.05) is 5.21 Å². The van der Waals surface area contributed by atoms with Crippen molar-refractivity contribution in [2.45, 2.75) is 19.4 Å². The predicted molar refractivity (Wildman–Crippen MR) is 56.4 cm³/mol. The molecule has 0 aliphatic carbocycles. The molecule has 0 aromatic carbocycles. The zero-order valence-electron chi connectivity index (χ0n) is 8.93. The number of nitrogens with one attached hydrogen (secondary N) is 1. The molecule has 1 aromatic heterocycles. The van der Waals surface area contributed by atoms with Crippen LogP contribution < -0.4 is 5.32 Å². The molecule has 2 heterocycles. The largest absolute Gasteiger partial charge is 0.381 e. The molecule has 1 atom stereocenters. The van der Waals surface area contributed by atoms with E-state index >= 15 is 0 Å². The Morgan fingerprint density at radius 1 is 1.53 bits per heavy atom. The number of nitrogens with zero attached hydrogens (tertiary/aromatic N) is 3. The minimum Gasteiger partial charge on any atom is -0.381 e. The highest BCUT2D eigenvalue weighted by Crippen LogP contribution is 2.11. The summed E-state index contributed by atoms with van der Waals surface area (Å²) in [6, 6.07) is 0. The third-order valence-electron chi connectivity index (χ3n) is 2.68. The quantitative estimate of drug-likeness (QED) is 0.710. The number of hydrogen-bond acceptors (Lipinski definition) is 4. The van der Waals surface area contributed by atoms with Gasteiger partial charge in [-0.15, -0.1) is 5.10 Å². The zero-order chi connectivity index (χ0) is 10.3. The molecule has 5 heteroatoms. The molecule has 1 fully saturated rings. The Hall–Kier alpha value is -0.940. The minimum absolute atomic E-state index is 0.689. The molecule has 1 saturated heterocycles. The second-order valence-electron chi connectivity index (χ2n) is 3.95. The average molecular weight is 210 g/mol. The number of aromatic nitrogens is 3. The molecule has 1 aromatic rings. The van der Waals surface area contributed by atoms with E-state index < -0.39 is 0 Å². The second kappa shape index (κ2) is 5.82. The molecule has 2 rings (SSSR count). The first-order chi connectivity index (χ1) is 7.45. The van der Waals surface area contributed by atoms with Crippen LogP contribution in [0.5, 0.6) is 0 Å². The highest BCUT2D eigenvalue weighted by molar-refractivity contribution is 4.67. The number of hydrogen-bond donors (Lipinski definition) is 1. The van der Waals surface area contributed by atoms with Gasteiger partial charge in [0.25, 0.3) is 0 Å². The van der Waals surface area contributed by atoms with Crippen molar-refractivity contribution in [2.24, 2.45) is 5.92 Å². The SMILES string of the molecule is c1cn(CCNCC2CCCOC2)nn1. The number of ether oxygens (including phenoxy) is 1. The molecule has 15 heavy (non-hydrogen) atoms. The molecule has 1 aliphatic heterocycles. The lowest BCUT2D eigenvalue weighted by Gasteiger charge is -2.22. The molecule has 1 aliphatic rings. The highest BCUT2D eigenvalue weighted by atomic mass is 16.5. The summed E-state index contributed by atoms with van der Waals surface area (Å²) in [5, 5.41) is 11.1. The van der Waals surface area contributed by atoms with Crippen LogP contribution in [-0.2, 0) is 11.3 Å². The van der Waals surface area contributed by atoms with Crippen molar-refractivity contribution in [2.75, 3.05) is 26.3 Å². The molecule has 5 nitrogen and oxygen atoms in total. The van der Waals surface area contributed by atoms with Crippen LogP contribution in [0.25, 0.3) is 0 Å². The lowest BCUT2D eigenvalue weighted by molar-refractivity contribution is 0.0548. The van der Waals surface area contributed by atoms with Gasteiger partial charge in [0.15, 0.2) is 0 Å². The first-order valence-corrected chi connectivity index (χ1v) is 5.58. The van der Waals surface area contributed by atoms with Gasteiger partial charge < -0.3 is 10.1 Å². The first kappa shape index (κ1) is 10.6. The van der Waals surface area contributed by atoms with Crippen molar-refractivity contribution in [3.05, 3.63) is 12.4 Å². The van der Waals surface area contributed by atoms with E-state index in [2.05, 4.69) is 15.6 Å². The van der Waals surface area contributed by atoms with Crippen LogP contribution in [0, 0.1) is 5.92 Å². The van der Waals surface area contributed by atoms with E-state index in [1.807, 2.05) is 10.9 Å². The fourth-order valence-corrected chi connectivity index (χ4v) is 1.82. The Balaban J connectivity index is 1.54. The van der Waals surface area contributed by atoms with Gasteiger partial charge in [0.2, 0.25) is 0 Å². The van der Waals surface area contributed by atoms with Gasteiger partial charge >= 0.3 is 0 Å². The van der Waals surface area contributed by atoms with Gasteiger partial charge in [-0.05, 0) is 18.8 Å². The third-order valence-corrected chi connectivity index (χ3v) is 2.68. The van der Waals surface area contributed by atoms with Gasteiger partial charge in [0, 0.05) is 25.9 Å². The van der Waals surface area contributed by atoms with Crippen LogP contribution in [0.4, 0.5) is 0 Å². The smallest absolute Gasteiger partial charge is 0.0692 e. The van der Waals surface area contributed by atoms with E-state index in [1.54, 1.807) is 6.20 Å². The molecule has 1 unspecified atom stereocenters. The average Bonchev–Trinajstić information content (AvgIpc) is 2.79. The lowest BCUT2D eigenvalue weighted by Crippen LogP contribution is -2.31. The summed E-state index contributed by atoms with van der Waals surface area (Å²) >= 11 is 0. The summed E-state index contributed by atoms with van der Waals surface area (Å²) in [5.41, 5.74) is 0. The maximum absolute atomic E-state index is 5.42. The highest BCUT2D eigenvalue weighted by Gasteiger charge is 2.12. The first-order valence-electron chi connectivity index (χ1n) is 5.58. The van der Waals surface area contributed by atoms with Crippen molar-refractivity contribution < 1.29 is 4.74 Å². The summed E-state index contributed by atoms with van der Waals surface area (Å²) in [4.78, 5) is 0. The summed E-state index contributed by atoms with van der Waals surface area (Å²) in [5.74, 6) is 0.689. The van der Waals surface area contributed by atoms with Crippen molar-refractivity contribution in [1.82, 2.24) is 20.3 Å². The summed E-state index contributed by atoms with van der Waals surface area (Å²) in [7, 11) is 0. The molecule has 0 radical (unpaired) electrons. The molecular formula is C10H18N4O. The van der Waals surface area contributed by atoms with Crippen molar-refractivity contribution in [3.8, 4) is 0 Å². The minimum atomic E-state index is 0.689. The Morgan fingerprint density at radius 2 is 2.53 bits per heavy atom.